The highest BCUT2D eigenvalue weighted by atomic mass is 19.4. The van der Waals surface area contributed by atoms with E-state index < -0.39 is 23.1 Å². The quantitative estimate of drug-likeness (QED) is 0.622. The summed E-state index contributed by atoms with van der Waals surface area (Å²) in [6.45, 7) is 0. The van der Waals surface area contributed by atoms with Crippen LogP contribution in [0.3, 0.4) is 0 Å². The fourth-order valence-corrected chi connectivity index (χ4v) is 0.830. The van der Waals surface area contributed by atoms with E-state index in [1.54, 1.807) is 0 Å². The van der Waals surface area contributed by atoms with E-state index in [0.29, 0.717) is 6.07 Å². The second-order valence-corrected chi connectivity index (χ2v) is 2.27. The van der Waals surface area contributed by atoms with E-state index in [4.69, 9.17) is 0 Å². The lowest BCUT2D eigenvalue weighted by atomic mass is 10.1. The summed E-state index contributed by atoms with van der Waals surface area (Å²) in [4.78, 5) is 9.97. The van der Waals surface area contributed by atoms with Gasteiger partial charge in [-0.05, 0) is 12.1 Å². The average Bonchev–Trinajstić information content (AvgIpc) is 2.02. The Balaban J connectivity index is 3.32. The molecular formula is C8H3F4O. The molecule has 0 spiro atoms. The van der Waals surface area contributed by atoms with E-state index in [2.05, 4.69) is 0 Å². The first-order valence-electron chi connectivity index (χ1n) is 3.20. The van der Waals surface area contributed by atoms with Crippen LogP contribution in [-0.4, -0.2) is 6.29 Å². The van der Waals surface area contributed by atoms with E-state index >= 15 is 0 Å². The second-order valence-electron chi connectivity index (χ2n) is 2.27. The molecule has 0 N–H and O–H groups in total. The summed E-state index contributed by atoms with van der Waals surface area (Å²) < 4.78 is 48.8. The Kier molecular flexibility index (Phi) is 2.36. The minimum Gasteiger partial charge on any atom is -0.285 e. The molecule has 0 unspecified atom stereocenters. The molecule has 0 aliphatic rings. The summed E-state index contributed by atoms with van der Waals surface area (Å²) in [7, 11) is 0. The minimum absolute atomic E-state index is 0.566. The molecule has 0 aromatic heterocycles. The maximum Gasteiger partial charge on any atom is 0.419 e. The standard InChI is InChI=1S/C8H3F4O/c9-7-5(4-13)2-1-3-6(7)8(10,11)12/h1-3H. The molecule has 0 atom stereocenters. The lowest BCUT2D eigenvalue weighted by molar-refractivity contribution is -0.140. The Bertz CT molecular complexity index is 329. The third-order valence-electron chi connectivity index (χ3n) is 1.41. The monoisotopic (exact) mass is 191 g/mol. The number of hydrogen-bond acceptors (Lipinski definition) is 1. The second kappa shape index (κ2) is 3.16. The minimum atomic E-state index is -4.78. The molecule has 1 aromatic rings. The van der Waals surface area contributed by atoms with Crippen LogP contribution in [0.4, 0.5) is 17.6 Å². The topological polar surface area (TPSA) is 17.1 Å². The SMILES string of the molecule is O=[C]c1cccc(C(F)(F)F)c1F. The molecule has 0 heterocycles. The Labute approximate surface area is 71.0 Å². The number of hydrogen-bond donors (Lipinski definition) is 0. The Hall–Kier alpha value is -1.39. The zero-order chi connectivity index (χ0) is 10.1. The molecule has 0 bridgehead atoms. The summed E-state index contributed by atoms with van der Waals surface area (Å²) in [5.74, 6) is -1.58. The normalized spacial score (nSPS) is 11.4. The van der Waals surface area contributed by atoms with E-state index in [0.717, 1.165) is 18.4 Å². The molecule has 13 heavy (non-hydrogen) atoms. The molecule has 1 radical (unpaired) electrons. The van der Waals surface area contributed by atoms with Gasteiger partial charge in [-0.2, -0.15) is 13.2 Å². The van der Waals surface area contributed by atoms with Crippen LogP contribution < -0.4 is 0 Å². The lowest BCUT2D eigenvalue weighted by Crippen LogP contribution is -2.09. The van der Waals surface area contributed by atoms with Gasteiger partial charge in [0.15, 0.2) is 0 Å². The number of rotatable bonds is 1. The molecular weight excluding hydrogens is 188 g/mol. The number of benzene rings is 1. The molecule has 0 amide bonds. The molecule has 1 nitrogen and oxygen atoms in total. The number of alkyl halides is 3. The van der Waals surface area contributed by atoms with Gasteiger partial charge in [-0.25, -0.2) is 4.39 Å². The number of halogens is 4. The fourth-order valence-electron chi connectivity index (χ4n) is 0.830. The Morgan fingerprint density at radius 2 is 1.85 bits per heavy atom. The fraction of sp³-hybridized carbons (Fsp3) is 0.125. The van der Waals surface area contributed by atoms with Gasteiger partial charge < -0.3 is 0 Å². The van der Waals surface area contributed by atoms with Crippen molar-refractivity contribution in [2.45, 2.75) is 6.18 Å². The molecule has 1 aromatic carbocycles. The van der Waals surface area contributed by atoms with Gasteiger partial charge in [0.1, 0.15) is 5.82 Å². The summed E-state index contributed by atoms with van der Waals surface area (Å²) >= 11 is 0. The third-order valence-corrected chi connectivity index (χ3v) is 1.41. The molecule has 0 saturated heterocycles. The largest absolute Gasteiger partial charge is 0.419 e. The van der Waals surface area contributed by atoms with E-state index in [1.165, 1.54) is 0 Å². The smallest absolute Gasteiger partial charge is 0.285 e. The van der Waals surface area contributed by atoms with Crippen LogP contribution in [0.25, 0.3) is 0 Å². The van der Waals surface area contributed by atoms with Crippen molar-refractivity contribution in [3.8, 4) is 0 Å². The maximum absolute atomic E-state index is 12.8. The van der Waals surface area contributed by atoms with Crippen molar-refractivity contribution in [2.24, 2.45) is 0 Å². The van der Waals surface area contributed by atoms with Crippen LogP contribution in [0.5, 0.6) is 0 Å². The van der Waals surface area contributed by atoms with Crippen molar-refractivity contribution >= 4 is 6.29 Å². The van der Waals surface area contributed by atoms with Crippen LogP contribution in [-0.2, 0) is 11.0 Å². The van der Waals surface area contributed by atoms with Gasteiger partial charge >= 0.3 is 6.18 Å². The van der Waals surface area contributed by atoms with Crippen LogP contribution in [0.15, 0.2) is 18.2 Å². The average molecular weight is 191 g/mol. The van der Waals surface area contributed by atoms with Gasteiger partial charge in [0, 0.05) is 0 Å². The molecule has 0 aliphatic heterocycles. The highest BCUT2D eigenvalue weighted by molar-refractivity contribution is 5.76. The van der Waals surface area contributed by atoms with Gasteiger partial charge in [-0.3, -0.25) is 4.79 Å². The molecule has 0 aliphatic carbocycles. The molecule has 5 heteroatoms. The Morgan fingerprint density at radius 3 is 2.31 bits per heavy atom. The summed E-state index contributed by atoms with van der Waals surface area (Å²) in [6, 6.07) is 2.44. The van der Waals surface area contributed by atoms with Crippen molar-refractivity contribution in [3.05, 3.63) is 35.1 Å². The van der Waals surface area contributed by atoms with Crippen molar-refractivity contribution in [1.29, 1.82) is 0 Å². The summed E-state index contributed by atoms with van der Waals surface area (Å²) in [5.41, 5.74) is -2.16. The van der Waals surface area contributed by atoms with E-state index in [9.17, 15) is 22.4 Å². The molecule has 69 valence electrons. The third kappa shape index (κ3) is 1.85. The van der Waals surface area contributed by atoms with Crippen LogP contribution in [0, 0.1) is 5.82 Å². The van der Waals surface area contributed by atoms with Crippen molar-refractivity contribution in [2.75, 3.05) is 0 Å². The first kappa shape index (κ1) is 9.70. The van der Waals surface area contributed by atoms with Gasteiger partial charge in [-0.15, -0.1) is 0 Å². The van der Waals surface area contributed by atoms with E-state index in [-0.39, 0.29) is 0 Å². The summed E-state index contributed by atoms with van der Waals surface area (Å²) in [6.07, 6.45) is -3.70. The van der Waals surface area contributed by atoms with Crippen LogP contribution in [0.2, 0.25) is 0 Å². The van der Waals surface area contributed by atoms with Gasteiger partial charge in [0.25, 0.3) is 0 Å². The first-order valence-corrected chi connectivity index (χ1v) is 3.20. The van der Waals surface area contributed by atoms with E-state index in [1.807, 2.05) is 0 Å². The predicted molar refractivity (Wildman–Crippen MR) is 36.2 cm³/mol. The van der Waals surface area contributed by atoms with Gasteiger partial charge in [-0.1, -0.05) is 6.07 Å². The predicted octanol–water partition coefficient (Wildman–Crippen LogP) is 2.30. The first-order chi connectivity index (χ1) is 5.96. The summed E-state index contributed by atoms with van der Waals surface area (Å²) in [5, 5.41) is 0. The number of carbonyl (C=O) groups excluding carboxylic acids is 1. The van der Waals surface area contributed by atoms with Crippen LogP contribution in [0.1, 0.15) is 11.1 Å². The lowest BCUT2D eigenvalue weighted by Gasteiger charge is -2.07. The molecule has 1 rings (SSSR count). The molecule has 0 saturated carbocycles. The maximum atomic E-state index is 12.8. The zero-order valence-electron chi connectivity index (χ0n) is 6.15. The highest BCUT2D eigenvalue weighted by Gasteiger charge is 2.34. The van der Waals surface area contributed by atoms with Crippen molar-refractivity contribution in [1.82, 2.24) is 0 Å². The van der Waals surface area contributed by atoms with Gasteiger partial charge in [0.2, 0.25) is 6.29 Å². The zero-order valence-corrected chi connectivity index (χ0v) is 6.15. The van der Waals surface area contributed by atoms with Gasteiger partial charge in [0.05, 0.1) is 11.1 Å². The Morgan fingerprint density at radius 1 is 1.23 bits per heavy atom. The molecule has 0 fully saturated rings. The highest BCUT2D eigenvalue weighted by Crippen LogP contribution is 2.31. The van der Waals surface area contributed by atoms with Crippen molar-refractivity contribution in [3.63, 3.8) is 0 Å². The van der Waals surface area contributed by atoms with Crippen molar-refractivity contribution < 1.29 is 22.4 Å². The van der Waals surface area contributed by atoms with Crippen LogP contribution >= 0.6 is 0 Å².